The van der Waals surface area contributed by atoms with Crippen LogP contribution in [0.25, 0.3) is 0 Å². The number of hydrogen-bond acceptors (Lipinski definition) is 4. The second-order valence-corrected chi connectivity index (χ2v) is 4.82. The van der Waals surface area contributed by atoms with Gasteiger partial charge in [-0.15, -0.1) is 0 Å². The topological polar surface area (TPSA) is 52.6 Å². The number of ether oxygens (including phenoxy) is 2. The van der Waals surface area contributed by atoms with Gasteiger partial charge in [0.2, 0.25) is 0 Å². The van der Waals surface area contributed by atoms with E-state index in [-0.39, 0.29) is 36.3 Å². The minimum absolute atomic E-state index is 0.0984. The number of carbonyl (C=O) groups excluding carboxylic acids is 2. The van der Waals surface area contributed by atoms with E-state index in [9.17, 15) is 9.59 Å². The molecule has 0 saturated carbocycles. The number of benzene rings is 1. The van der Waals surface area contributed by atoms with Crippen LogP contribution >= 0.6 is 0 Å². The molecule has 1 aromatic carbocycles. The zero-order chi connectivity index (χ0) is 13.8. The monoisotopic (exact) mass is 262 g/mol. The van der Waals surface area contributed by atoms with Gasteiger partial charge >= 0.3 is 5.97 Å². The van der Waals surface area contributed by atoms with E-state index in [0.29, 0.717) is 6.42 Å². The molecule has 102 valence electrons. The minimum Gasteiger partial charge on any atom is -0.469 e. The first kappa shape index (κ1) is 13.7. The van der Waals surface area contributed by atoms with Crippen molar-refractivity contribution in [3.05, 3.63) is 35.9 Å². The second-order valence-electron chi connectivity index (χ2n) is 4.82. The average Bonchev–Trinajstić information content (AvgIpc) is 2.83. The van der Waals surface area contributed by atoms with Crippen molar-refractivity contribution in [2.24, 2.45) is 5.92 Å². The number of methoxy groups -OCH3 is 1. The maximum atomic E-state index is 11.7. The van der Waals surface area contributed by atoms with Crippen molar-refractivity contribution in [2.45, 2.75) is 32.0 Å². The fourth-order valence-corrected chi connectivity index (χ4v) is 2.50. The number of Topliss-reactive ketones (excluding diaryl/α,β-unsaturated/α-hetero) is 1. The summed E-state index contributed by atoms with van der Waals surface area (Å²) in [5.41, 5.74) is 0.982. The molecule has 19 heavy (non-hydrogen) atoms. The number of carbonyl (C=O) groups is 2. The average molecular weight is 262 g/mol. The van der Waals surface area contributed by atoms with E-state index >= 15 is 0 Å². The fourth-order valence-electron chi connectivity index (χ4n) is 2.50. The van der Waals surface area contributed by atoms with Gasteiger partial charge in [-0.3, -0.25) is 9.59 Å². The standard InChI is InChI=1S/C15H18O4/c1-10(16)13-8-12(9-14(17)18-2)19-15(13)11-6-4-3-5-7-11/h3-7,12-13,15H,8-9H2,1-2H3/t12-,13-,15-/m0/s1. The third-order valence-corrected chi connectivity index (χ3v) is 3.49. The highest BCUT2D eigenvalue weighted by atomic mass is 16.5. The van der Waals surface area contributed by atoms with Crippen LogP contribution in [0.15, 0.2) is 30.3 Å². The van der Waals surface area contributed by atoms with Crippen molar-refractivity contribution in [3.8, 4) is 0 Å². The van der Waals surface area contributed by atoms with Crippen molar-refractivity contribution >= 4 is 11.8 Å². The summed E-state index contributed by atoms with van der Waals surface area (Å²) < 4.78 is 10.5. The third-order valence-electron chi connectivity index (χ3n) is 3.49. The van der Waals surface area contributed by atoms with E-state index in [0.717, 1.165) is 5.56 Å². The Balaban J connectivity index is 2.13. The fraction of sp³-hybridized carbons (Fsp3) is 0.467. The van der Waals surface area contributed by atoms with Crippen LogP contribution in [-0.4, -0.2) is 25.0 Å². The van der Waals surface area contributed by atoms with Crippen LogP contribution in [0.4, 0.5) is 0 Å². The summed E-state index contributed by atoms with van der Waals surface area (Å²) in [5.74, 6) is -0.390. The molecule has 0 aliphatic carbocycles. The Morgan fingerprint density at radius 2 is 2.00 bits per heavy atom. The molecule has 0 unspecified atom stereocenters. The lowest BCUT2D eigenvalue weighted by Crippen LogP contribution is -2.15. The maximum Gasteiger partial charge on any atom is 0.308 e. The molecule has 1 aliphatic rings. The van der Waals surface area contributed by atoms with E-state index in [2.05, 4.69) is 4.74 Å². The summed E-state index contributed by atoms with van der Waals surface area (Å²) in [6.45, 7) is 1.57. The predicted octanol–water partition coefficient (Wildman–Crippen LogP) is 2.28. The van der Waals surface area contributed by atoms with Gasteiger partial charge in [-0.25, -0.2) is 0 Å². The first-order valence-corrected chi connectivity index (χ1v) is 6.39. The van der Waals surface area contributed by atoms with E-state index in [1.54, 1.807) is 6.92 Å². The Bertz CT molecular complexity index is 454. The summed E-state index contributed by atoms with van der Waals surface area (Å²) in [4.78, 5) is 23.0. The van der Waals surface area contributed by atoms with E-state index in [1.807, 2.05) is 30.3 Å². The Labute approximate surface area is 112 Å². The highest BCUT2D eigenvalue weighted by molar-refractivity contribution is 5.79. The second kappa shape index (κ2) is 5.97. The van der Waals surface area contributed by atoms with Gasteiger partial charge in [0.15, 0.2) is 0 Å². The number of ketones is 1. The lowest BCUT2D eigenvalue weighted by atomic mass is 9.90. The zero-order valence-corrected chi connectivity index (χ0v) is 11.2. The number of rotatable bonds is 4. The molecule has 4 nitrogen and oxygen atoms in total. The van der Waals surface area contributed by atoms with E-state index in [4.69, 9.17) is 4.74 Å². The molecular weight excluding hydrogens is 244 g/mol. The highest BCUT2D eigenvalue weighted by Gasteiger charge is 2.39. The first-order valence-electron chi connectivity index (χ1n) is 6.39. The zero-order valence-electron chi connectivity index (χ0n) is 11.2. The predicted molar refractivity (Wildman–Crippen MR) is 69.5 cm³/mol. The molecule has 0 spiro atoms. The summed E-state index contributed by atoms with van der Waals surface area (Å²) in [6, 6.07) is 9.66. The molecule has 1 aromatic rings. The molecule has 1 aliphatic heterocycles. The molecule has 0 aromatic heterocycles. The van der Waals surface area contributed by atoms with Crippen LogP contribution in [0.2, 0.25) is 0 Å². The molecule has 0 radical (unpaired) electrons. The molecule has 3 atom stereocenters. The van der Waals surface area contributed by atoms with Gasteiger partial charge in [-0.05, 0) is 18.9 Å². The minimum atomic E-state index is -0.305. The maximum absolute atomic E-state index is 11.7. The van der Waals surface area contributed by atoms with Gasteiger partial charge in [0.1, 0.15) is 5.78 Å². The van der Waals surface area contributed by atoms with Crippen LogP contribution in [-0.2, 0) is 19.1 Å². The number of hydrogen-bond donors (Lipinski definition) is 0. The van der Waals surface area contributed by atoms with Gasteiger partial charge in [0.05, 0.1) is 31.7 Å². The van der Waals surface area contributed by atoms with Crippen molar-refractivity contribution in [3.63, 3.8) is 0 Å². The van der Waals surface area contributed by atoms with Crippen molar-refractivity contribution in [1.29, 1.82) is 0 Å². The Kier molecular flexibility index (Phi) is 4.32. The summed E-state index contributed by atoms with van der Waals surface area (Å²) in [6.07, 6.45) is 0.271. The lowest BCUT2D eigenvalue weighted by molar-refractivity contribution is -0.143. The molecule has 0 amide bonds. The van der Waals surface area contributed by atoms with Crippen LogP contribution in [0, 0.1) is 5.92 Å². The van der Waals surface area contributed by atoms with Crippen LogP contribution in [0.1, 0.15) is 31.4 Å². The van der Waals surface area contributed by atoms with Gasteiger partial charge in [-0.2, -0.15) is 0 Å². The van der Waals surface area contributed by atoms with Crippen molar-refractivity contribution in [2.75, 3.05) is 7.11 Å². The first-order chi connectivity index (χ1) is 9.11. The highest BCUT2D eigenvalue weighted by Crippen LogP contribution is 2.39. The molecular formula is C15H18O4. The normalized spacial score (nSPS) is 26.1. The summed E-state index contributed by atoms with van der Waals surface area (Å²) >= 11 is 0. The van der Waals surface area contributed by atoms with Crippen molar-refractivity contribution in [1.82, 2.24) is 0 Å². The SMILES string of the molecule is COC(=O)C[C@@H]1C[C@@H](C(C)=O)[C@H](c2ccccc2)O1. The summed E-state index contributed by atoms with van der Waals surface area (Å²) in [5, 5.41) is 0. The summed E-state index contributed by atoms with van der Waals surface area (Å²) in [7, 11) is 1.36. The van der Waals surface area contributed by atoms with Crippen LogP contribution in [0.5, 0.6) is 0 Å². The smallest absolute Gasteiger partial charge is 0.308 e. The molecule has 2 rings (SSSR count). The van der Waals surface area contributed by atoms with Gasteiger partial charge in [0.25, 0.3) is 0 Å². The van der Waals surface area contributed by atoms with Gasteiger partial charge < -0.3 is 9.47 Å². The third kappa shape index (κ3) is 3.20. The largest absolute Gasteiger partial charge is 0.469 e. The molecule has 1 fully saturated rings. The molecule has 1 saturated heterocycles. The number of esters is 1. The van der Waals surface area contributed by atoms with Gasteiger partial charge in [-0.1, -0.05) is 30.3 Å². The lowest BCUT2D eigenvalue weighted by Gasteiger charge is -2.16. The Morgan fingerprint density at radius 1 is 1.32 bits per heavy atom. The molecule has 1 heterocycles. The quantitative estimate of drug-likeness (QED) is 0.781. The molecule has 0 N–H and O–H groups in total. The Hall–Kier alpha value is -1.68. The molecule has 4 heteroatoms. The van der Waals surface area contributed by atoms with E-state index in [1.165, 1.54) is 7.11 Å². The Morgan fingerprint density at radius 3 is 2.58 bits per heavy atom. The van der Waals surface area contributed by atoms with Crippen molar-refractivity contribution < 1.29 is 19.1 Å². The van der Waals surface area contributed by atoms with Gasteiger partial charge in [0, 0.05) is 0 Å². The molecule has 0 bridgehead atoms. The van der Waals surface area contributed by atoms with Crippen LogP contribution in [0.3, 0.4) is 0 Å². The van der Waals surface area contributed by atoms with E-state index < -0.39 is 0 Å². The van der Waals surface area contributed by atoms with Crippen LogP contribution < -0.4 is 0 Å².